The number of aliphatic imine (C=N–C) groups is 1. The molecule has 1 aromatic heterocycles. The van der Waals surface area contributed by atoms with Gasteiger partial charge in [0.2, 0.25) is 5.91 Å². The standard InChI is InChI=1S/C18H24N4O2/c1-13-6-7-15(14(2)9-13)10-21-18(19-3)22-12-17(23)20-11-16-5-4-8-24-16/h4-9H,10-12H2,1-3H3,(H,20,23)(H2,19,21,22). The van der Waals surface area contributed by atoms with E-state index in [4.69, 9.17) is 4.42 Å². The molecule has 0 fully saturated rings. The molecule has 2 aromatic rings. The molecule has 0 aliphatic heterocycles. The molecule has 1 aromatic carbocycles. The van der Waals surface area contributed by atoms with Gasteiger partial charge in [-0.05, 0) is 37.1 Å². The summed E-state index contributed by atoms with van der Waals surface area (Å²) in [6.07, 6.45) is 1.58. The van der Waals surface area contributed by atoms with Gasteiger partial charge in [0.05, 0.1) is 19.4 Å². The highest BCUT2D eigenvalue weighted by atomic mass is 16.3. The Morgan fingerprint density at radius 3 is 2.62 bits per heavy atom. The van der Waals surface area contributed by atoms with Gasteiger partial charge < -0.3 is 20.4 Å². The molecule has 0 unspecified atom stereocenters. The Morgan fingerprint density at radius 1 is 1.12 bits per heavy atom. The van der Waals surface area contributed by atoms with Crippen molar-refractivity contribution < 1.29 is 9.21 Å². The predicted octanol–water partition coefficient (Wildman–Crippen LogP) is 1.88. The van der Waals surface area contributed by atoms with Gasteiger partial charge in [-0.15, -0.1) is 0 Å². The molecular formula is C18H24N4O2. The van der Waals surface area contributed by atoms with Crippen LogP contribution < -0.4 is 16.0 Å². The summed E-state index contributed by atoms with van der Waals surface area (Å²) in [7, 11) is 1.68. The molecule has 6 nitrogen and oxygen atoms in total. The highest BCUT2D eigenvalue weighted by molar-refractivity contribution is 5.86. The number of rotatable bonds is 6. The van der Waals surface area contributed by atoms with E-state index < -0.39 is 0 Å². The fourth-order valence-electron chi connectivity index (χ4n) is 2.27. The van der Waals surface area contributed by atoms with Crippen LogP contribution in [0.1, 0.15) is 22.5 Å². The van der Waals surface area contributed by atoms with Crippen molar-refractivity contribution in [2.75, 3.05) is 13.6 Å². The maximum atomic E-state index is 11.8. The van der Waals surface area contributed by atoms with Gasteiger partial charge in [0, 0.05) is 13.6 Å². The largest absolute Gasteiger partial charge is 0.467 e. The Labute approximate surface area is 142 Å². The molecule has 1 heterocycles. The van der Waals surface area contributed by atoms with Crippen LogP contribution in [-0.4, -0.2) is 25.5 Å². The third-order valence-electron chi connectivity index (χ3n) is 3.62. The van der Waals surface area contributed by atoms with Crippen molar-refractivity contribution in [2.24, 2.45) is 4.99 Å². The number of carbonyl (C=O) groups excluding carboxylic acids is 1. The highest BCUT2D eigenvalue weighted by Crippen LogP contribution is 2.09. The number of carbonyl (C=O) groups is 1. The number of guanidine groups is 1. The van der Waals surface area contributed by atoms with Crippen molar-refractivity contribution in [3.63, 3.8) is 0 Å². The van der Waals surface area contributed by atoms with E-state index in [0.717, 1.165) is 5.76 Å². The van der Waals surface area contributed by atoms with Gasteiger partial charge in [0.15, 0.2) is 5.96 Å². The second kappa shape index (κ2) is 8.76. The summed E-state index contributed by atoms with van der Waals surface area (Å²) in [4.78, 5) is 16.0. The predicted molar refractivity (Wildman–Crippen MR) is 94.7 cm³/mol. The number of nitrogens with one attached hydrogen (secondary N) is 3. The molecule has 0 spiro atoms. The number of hydrogen-bond acceptors (Lipinski definition) is 3. The minimum Gasteiger partial charge on any atom is -0.467 e. The van der Waals surface area contributed by atoms with Crippen LogP contribution >= 0.6 is 0 Å². The van der Waals surface area contributed by atoms with Crippen LogP contribution in [0.3, 0.4) is 0 Å². The van der Waals surface area contributed by atoms with Gasteiger partial charge in [-0.2, -0.15) is 0 Å². The van der Waals surface area contributed by atoms with Crippen molar-refractivity contribution in [3.8, 4) is 0 Å². The fraction of sp³-hybridized carbons (Fsp3) is 0.333. The average molecular weight is 328 g/mol. The molecule has 0 aliphatic rings. The Morgan fingerprint density at radius 2 is 1.96 bits per heavy atom. The van der Waals surface area contributed by atoms with E-state index in [1.807, 2.05) is 6.07 Å². The zero-order valence-electron chi connectivity index (χ0n) is 14.3. The number of nitrogens with zero attached hydrogens (tertiary/aromatic N) is 1. The third-order valence-corrected chi connectivity index (χ3v) is 3.62. The first-order valence-electron chi connectivity index (χ1n) is 7.88. The molecule has 128 valence electrons. The van der Waals surface area contributed by atoms with Crippen LogP contribution in [0.15, 0.2) is 46.0 Å². The average Bonchev–Trinajstić information content (AvgIpc) is 3.08. The van der Waals surface area contributed by atoms with E-state index in [1.165, 1.54) is 16.7 Å². The Kier molecular flexibility index (Phi) is 6.42. The van der Waals surface area contributed by atoms with E-state index in [9.17, 15) is 4.79 Å². The third kappa shape index (κ3) is 5.46. The summed E-state index contributed by atoms with van der Waals surface area (Å²) in [5.74, 6) is 1.18. The second-order valence-electron chi connectivity index (χ2n) is 5.57. The first kappa shape index (κ1) is 17.6. The van der Waals surface area contributed by atoms with E-state index >= 15 is 0 Å². The number of amides is 1. The molecule has 1 amide bonds. The second-order valence-corrected chi connectivity index (χ2v) is 5.57. The molecule has 0 radical (unpaired) electrons. The Balaban J connectivity index is 1.74. The van der Waals surface area contributed by atoms with Gasteiger partial charge in [0.1, 0.15) is 5.76 Å². The molecule has 3 N–H and O–H groups in total. The summed E-state index contributed by atoms with van der Waals surface area (Å²) in [5, 5.41) is 8.98. The summed E-state index contributed by atoms with van der Waals surface area (Å²) in [6.45, 7) is 5.34. The molecular weight excluding hydrogens is 304 g/mol. The fourth-order valence-corrected chi connectivity index (χ4v) is 2.27. The summed E-state index contributed by atoms with van der Waals surface area (Å²) < 4.78 is 5.17. The highest BCUT2D eigenvalue weighted by Gasteiger charge is 2.05. The lowest BCUT2D eigenvalue weighted by molar-refractivity contribution is -0.120. The quantitative estimate of drug-likeness (QED) is 0.559. The molecule has 0 saturated carbocycles. The molecule has 24 heavy (non-hydrogen) atoms. The molecule has 6 heteroatoms. The maximum absolute atomic E-state index is 11.8. The van der Waals surface area contributed by atoms with Crippen molar-refractivity contribution in [1.82, 2.24) is 16.0 Å². The van der Waals surface area contributed by atoms with Gasteiger partial charge in [-0.1, -0.05) is 23.8 Å². The molecule has 2 rings (SSSR count). The lowest BCUT2D eigenvalue weighted by Crippen LogP contribution is -2.42. The molecule has 0 saturated heterocycles. The zero-order chi connectivity index (χ0) is 17.4. The maximum Gasteiger partial charge on any atom is 0.239 e. The van der Waals surface area contributed by atoms with E-state index in [0.29, 0.717) is 19.0 Å². The van der Waals surface area contributed by atoms with E-state index in [-0.39, 0.29) is 12.5 Å². The summed E-state index contributed by atoms with van der Waals surface area (Å²) >= 11 is 0. The SMILES string of the molecule is CN=C(NCC(=O)NCc1ccco1)NCc1ccc(C)cc1C. The normalized spacial score (nSPS) is 11.2. The van der Waals surface area contributed by atoms with Gasteiger partial charge >= 0.3 is 0 Å². The van der Waals surface area contributed by atoms with Crippen molar-refractivity contribution in [1.29, 1.82) is 0 Å². The molecule has 0 aliphatic carbocycles. The van der Waals surface area contributed by atoms with Gasteiger partial charge in [0.25, 0.3) is 0 Å². The molecule has 0 atom stereocenters. The van der Waals surface area contributed by atoms with Gasteiger partial charge in [-0.25, -0.2) is 0 Å². The minimum absolute atomic E-state index is 0.124. The van der Waals surface area contributed by atoms with Gasteiger partial charge in [-0.3, -0.25) is 9.79 Å². The smallest absolute Gasteiger partial charge is 0.239 e. The number of hydrogen-bond donors (Lipinski definition) is 3. The van der Waals surface area contributed by atoms with E-state index in [1.54, 1.807) is 19.4 Å². The minimum atomic E-state index is -0.124. The van der Waals surface area contributed by atoms with Crippen LogP contribution in [0.5, 0.6) is 0 Å². The monoisotopic (exact) mass is 328 g/mol. The van der Waals surface area contributed by atoms with Crippen LogP contribution in [0, 0.1) is 13.8 Å². The van der Waals surface area contributed by atoms with Crippen LogP contribution in [0.25, 0.3) is 0 Å². The van der Waals surface area contributed by atoms with Crippen LogP contribution in [-0.2, 0) is 17.9 Å². The number of furan rings is 1. The number of benzene rings is 1. The van der Waals surface area contributed by atoms with Crippen LogP contribution in [0.2, 0.25) is 0 Å². The number of aryl methyl sites for hydroxylation is 2. The lowest BCUT2D eigenvalue weighted by atomic mass is 10.1. The molecule has 0 bridgehead atoms. The Hall–Kier alpha value is -2.76. The summed E-state index contributed by atoms with van der Waals surface area (Å²) in [6, 6.07) is 9.94. The first-order valence-corrected chi connectivity index (χ1v) is 7.88. The van der Waals surface area contributed by atoms with E-state index in [2.05, 4.69) is 53.0 Å². The van der Waals surface area contributed by atoms with Crippen molar-refractivity contribution >= 4 is 11.9 Å². The van der Waals surface area contributed by atoms with Crippen molar-refractivity contribution in [2.45, 2.75) is 26.9 Å². The van der Waals surface area contributed by atoms with Crippen molar-refractivity contribution in [3.05, 3.63) is 59.0 Å². The summed E-state index contributed by atoms with van der Waals surface area (Å²) in [5.41, 5.74) is 3.67. The van der Waals surface area contributed by atoms with Crippen LogP contribution in [0.4, 0.5) is 0 Å². The first-order chi connectivity index (χ1) is 11.6. The topological polar surface area (TPSA) is 78.7 Å². The lowest BCUT2D eigenvalue weighted by Gasteiger charge is -2.13. The zero-order valence-corrected chi connectivity index (χ0v) is 14.3. The Bertz CT molecular complexity index is 693.